The van der Waals surface area contributed by atoms with Gasteiger partial charge in [0.2, 0.25) is 15.9 Å². The molecule has 0 unspecified atom stereocenters. The van der Waals surface area contributed by atoms with Gasteiger partial charge in [0.25, 0.3) is 0 Å². The van der Waals surface area contributed by atoms with Crippen molar-refractivity contribution in [2.75, 3.05) is 23.7 Å². The number of carbonyl (C=O) groups is 1. The molecule has 0 aliphatic rings. The fraction of sp³-hybridized carbons (Fsp3) is 0.350. The predicted octanol–water partition coefficient (Wildman–Crippen LogP) is 3.26. The molecule has 2 aromatic rings. The van der Waals surface area contributed by atoms with Crippen LogP contribution in [0.5, 0.6) is 0 Å². The number of aryl methyl sites for hydroxylation is 1. The monoisotopic (exact) mass is 410 g/mol. The molecule has 0 fully saturated rings. The second-order valence-electron chi connectivity index (χ2n) is 6.47. The summed E-state index contributed by atoms with van der Waals surface area (Å²) in [6.45, 7) is 0.488. The van der Waals surface area contributed by atoms with Crippen molar-refractivity contribution in [3.63, 3.8) is 0 Å². The molecule has 2 aromatic carbocycles. The number of hydrogen-bond donors (Lipinski definition) is 1. The van der Waals surface area contributed by atoms with Crippen molar-refractivity contribution in [2.45, 2.75) is 25.7 Å². The average Bonchev–Trinajstić information content (AvgIpc) is 2.64. The van der Waals surface area contributed by atoms with Crippen molar-refractivity contribution in [1.29, 1.82) is 0 Å². The molecule has 1 amide bonds. The van der Waals surface area contributed by atoms with E-state index >= 15 is 0 Å². The topological polar surface area (TPSA) is 66.5 Å². The highest BCUT2D eigenvalue weighted by molar-refractivity contribution is 7.92. The van der Waals surface area contributed by atoms with Crippen molar-refractivity contribution >= 4 is 21.6 Å². The fourth-order valence-electron chi connectivity index (χ4n) is 2.76. The van der Waals surface area contributed by atoms with E-state index in [0.29, 0.717) is 13.0 Å². The molecule has 0 radical (unpaired) electrons. The zero-order valence-corrected chi connectivity index (χ0v) is 16.5. The van der Waals surface area contributed by atoms with Gasteiger partial charge in [0.1, 0.15) is 11.6 Å². The molecule has 5 nitrogen and oxygen atoms in total. The summed E-state index contributed by atoms with van der Waals surface area (Å²) < 4.78 is 51.7. The van der Waals surface area contributed by atoms with Crippen LogP contribution in [-0.2, 0) is 21.2 Å². The van der Waals surface area contributed by atoms with Crippen molar-refractivity contribution in [3.8, 4) is 0 Å². The summed E-state index contributed by atoms with van der Waals surface area (Å²) in [4.78, 5) is 11.9. The first-order valence-corrected chi connectivity index (χ1v) is 10.9. The van der Waals surface area contributed by atoms with Crippen molar-refractivity contribution < 1.29 is 22.0 Å². The molecule has 0 atom stereocenters. The molecule has 0 saturated carbocycles. The van der Waals surface area contributed by atoms with Crippen LogP contribution in [0.15, 0.2) is 48.5 Å². The number of nitrogens with one attached hydrogen (secondary N) is 1. The Kier molecular flexibility index (Phi) is 7.92. The molecule has 0 bridgehead atoms. The Hall–Kier alpha value is -2.48. The smallest absolute Gasteiger partial charge is 0.232 e. The third kappa shape index (κ3) is 6.92. The van der Waals surface area contributed by atoms with Crippen LogP contribution in [0.3, 0.4) is 0 Å². The highest BCUT2D eigenvalue weighted by atomic mass is 32.2. The first-order valence-electron chi connectivity index (χ1n) is 9.01. The summed E-state index contributed by atoms with van der Waals surface area (Å²) in [6.07, 6.45) is 2.84. The molecule has 0 aliphatic carbocycles. The predicted molar refractivity (Wildman–Crippen MR) is 106 cm³/mol. The highest BCUT2D eigenvalue weighted by Gasteiger charge is 2.20. The van der Waals surface area contributed by atoms with E-state index in [1.165, 1.54) is 30.3 Å². The molecule has 0 aliphatic heterocycles. The molecular weight excluding hydrogens is 386 g/mol. The van der Waals surface area contributed by atoms with Gasteiger partial charge in [0.05, 0.1) is 11.9 Å². The molecular formula is C20H24F2N2O3S. The largest absolute Gasteiger partial charge is 0.356 e. The molecule has 2 rings (SSSR count). The van der Waals surface area contributed by atoms with Crippen molar-refractivity contribution in [1.82, 2.24) is 5.32 Å². The number of nitrogens with zero attached hydrogens (tertiary/aromatic N) is 1. The van der Waals surface area contributed by atoms with Crippen LogP contribution in [0.1, 0.15) is 24.8 Å². The van der Waals surface area contributed by atoms with Gasteiger partial charge in [-0.15, -0.1) is 0 Å². The number of benzene rings is 2. The van der Waals surface area contributed by atoms with Crippen LogP contribution in [0.25, 0.3) is 0 Å². The van der Waals surface area contributed by atoms with Crippen LogP contribution in [0.4, 0.5) is 14.5 Å². The summed E-state index contributed by atoms with van der Waals surface area (Å²) in [7, 11) is -3.66. The molecule has 152 valence electrons. The van der Waals surface area contributed by atoms with Gasteiger partial charge >= 0.3 is 0 Å². The lowest BCUT2D eigenvalue weighted by Gasteiger charge is -2.22. The second kappa shape index (κ2) is 10.2. The van der Waals surface area contributed by atoms with Crippen molar-refractivity contribution in [3.05, 3.63) is 65.7 Å². The average molecular weight is 410 g/mol. The van der Waals surface area contributed by atoms with Gasteiger partial charge in [0.15, 0.2) is 0 Å². The standard InChI is InChI=1S/C20H24F2N2O3S/c1-28(26,27)24(19-8-3-2-7-18(19)22)15-5-9-20(25)23-14-4-6-16-10-12-17(21)13-11-16/h2-3,7-8,10-13H,4-6,9,14-15H2,1H3,(H,23,25). The van der Waals surface area contributed by atoms with Gasteiger partial charge in [-0.3, -0.25) is 9.10 Å². The normalized spacial score (nSPS) is 11.2. The van der Waals surface area contributed by atoms with E-state index in [-0.39, 0.29) is 36.8 Å². The van der Waals surface area contributed by atoms with Gasteiger partial charge in [-0.05, 0) is 49.1 Å². The third-order valence-corrected chi connectivity index (χ3v) is 5.34. The van der Waals surface area contributed by atoms with Gasteiger partial charge < -0.3 is 5.32 Å². The maximum absolute atomic E-state index is 13.9. The molecule has 0 heterocycles. The number of amides is 1. The Bertz CT molecular complexity index is 887. The molecule has 28 heavy (non-hydrogen) atoms. The number of carbonyl (C=O) groups excluding carboxylic acids is 1. The maximum Gasteiger partial charge on any atom is 0.232 e. The number of halogens is 2. The van der Waals surface area contributed by atoms with E-state index < -0.39 is 15.8 Å². The van der Waals surface area contributed by atoms with E-state index in [1.807, 2.05) is 0 Å². The van der Waals surface area contributed by atoms with E-state index in [2.05, 4.69) is 5.32 Å². The number of hydrogen-bond acceptors (Lipinski definition) is 3. The Labute approximate surface area is 164 Å². The first-order chi connectivity index (χ1) is 13.3. The zero-order chi connectivity index (χ0) is 20.6. The van der Waals surface area contributed by atoms with Crippen LogP contribution < -0.4 is 9.62 Å². The number of para-hydroxylation sites is 1. The Morgan fingerprint density at radius 2 is 1.71 bits per heavy atom. The van der Waals surface area contributed by atoms with E-state index in [0.717, 1.165) is 22.5 Å². The molecule has 0 aromatic heterocycles. The Morgan fingerprint density at radius 3 is 2.36 bits per heavy atom. The highest BCUT2D eigenvalue weighted by Crippen LogP contribution is 2.21. The van der Waals surface area contributed by atoms with Crippen LogP contribution >= 0.6 is 0 Å². The Balaban J connectivity index is 1.75. The van der Waals surface area contributed by atoms with E-state index in [4.69, 9.17) is 0 Å². The van der Waals surface area contributed by atoms with Crippen LogP contribution in [0, 0.1) is 11.6 Å². The molecule has 0 saturated heterocycles. The third-order valence-electron chi connectivity index (χ3n) is 4.16. The van der Waals surface area contributed by atoms with Gasteiger partial charge in [0, 0.05) is 19.5 Å². The fourth-order valence-corrected chi connectivity index (χ4v) is 3.73. The first kappa shape index (κ1) is 21.8. The lowest BCUT2D eigenvalue weighted by molar-refractivity contribution is -0.121. The summed E-state index contributed by atoms with van der Waals surface area (Å²) in [5, 5.41) is 2.77. The summed E-state index contributed by atoms with van der Waals surface area (Å²) in [5.74, 6) is -1.10. The van der Waals surface area contributed by atoms with E-state index in [9.17, 15) is 22.0 Å². The molecule has 1 N–H and O–H groups in total. The number of rotatable bonds is 10. The minimum Gasteiger partial charge on any atom is -0.356 e. The van der Waals surface area contributed by atoms with Crippen LogP contribution in [0.2, 0.25) is 0 Å². The zero-order valence-electron chi connectivity index (χ0n) is 15.7. The van der Waals surface area contributed by atoms with Crippen LogP contribution in [-0.4, -0.2) is 33.7 Å². The van der Waals surface area contributed by atoms with Gasteiger partial charge in [-0.25, -0.2) is 17.2 Å². The maximum atomic E-state index is 13.9. The Morgan fingerprint density at radius 1 is 1.04 bits per heavy atom. The number of anilines is 1. The SMILES string of the molecule is CS(=O)(=O)N(CCCC(=O)NCCCc1ccc(F)cc1)c1ccccc1F. The van der Waals surface area contributed by atoms with Crippen molar-refractivity contribution in [2.24, 2.45) is 0 Å². The summed E-state index contributed by atoms with van der Waals surface area (Å²) in [6, 6.07) is 11.9. The molecule has 8 heteroatoms. The van der Waals surface area contributed by atoms with Gasteiger partial charge in [-0.2, -0.15) is 0 Å². The number of sulfonamides is 1. The second-order valence-corrected chi connectivity index (χ2v) is 8.38. The summed E-state index contributed by atoms with van der Waals surface area (Å²) >= 11 is 0. The van der Waals surface area contributed by atoms with Gasteiger partial charge in [-0.1, -0.05) is 24.3 Å². The minimum absolute atomic E-state index is 0.0166. The quantitative estimate of drug-likeness (QED) is 0.612. The summed E-state index contributed by atoms with van der Waals surface area (Å²) in [5.41, 5.74) is 0.967. The lowest BCUT2D eigenvalue weighted by atomic mass is 10.1. The lowest BCUT2D eigenvalue weighted by Crippen LogP contribution is -2.33. The molecule has 0 spiro atoms. The van der Waals surface area contributed by atoms with E-state index in [1.54, 1.807) is 18.2 Å². The minimum atomic E-state index is -3.66.